The minimum absolute atomic E-state index is 0.000874. The van der Waals surface area contributed by atoms with Crippen LogP contribution in [0.2, 0.25) is 0 Å². The number of carboxylic acids is 1. The summed E-state index contributed by atoms with van der Waals surface area (Å²) in [5, 5.41) is 34.7. The largest absolute Gasteiger partial charge is 0.476 e. The van der Waals surface area contributed by atoms with Crippen LogP contribution in [-0.4, -0.2) is 26.5 Å². The number of nitro groups is 2. The molecule has 28 heavy (non-hydrogen) atoms. The SMILES string of the molecule is CCCCC(C(=O)O)([N+](=O)[O-])C(Cc1ccccc1)(c1ccccc1)[N+](=O)[O-]. The van der Waals surface area contributed by atoms with Crippen molar-refractivity contribution in [2.45, 2.75) is 43.7 Å². The molecule has 2 rings (SSSR count). The smallest absolute Gasteiger partial charge is 0.390 e. The lowest BCUT2D eigenvalue weighted by molar-refractivity contribution is -0.684. The first-order valence-corrected chi connectivity index (χ1v) is 8.94. The fourth-order valence-corrected chi connectivity index (χ4v) is 3.66. The molecular weight excluding hydrogens is 364 g/mol. The van der Waals surface area contributed by atoms with Gasteiger partial charge in [-0.2, -0.15) is 0 Å². The van der Waals surface area contributed by atoms with Crippen molar-refractivity contribution in [3.8, 4) is 0 Å². The molecule has 8 heteroatoms. The normalized spacial score (nSPS) is 15.2. The third-order valence-corrected chi connectivity index (χ3v) is 5.11. The Labute approximate surface area is 162 Å². The predicted molar refractivity (Wildman–Crippen MR) is 102 cm³/mol. The zero-order valence-electron chi connectivity index (χ0n) is 15.5. The van der Waals surface area contributed by atoms with Gasteiger partial charge >= 0.3 is 17.0 Å². The Balaban J connectivity index is 2.88. The van der Waals surface area contributed by atoms with Gasteiger partial charge in [-0.05, 0) is 12.0 Å². The van der Waals surface area contributed by atoms with Crippen LogP contribution in [0.25, 0.3) is 0 Å². The number of aliphatic carboxylic acids is 1. The van der Waals surface area contributed by atoms with Gasteiger partial charge in [0.1, 0.15) is 0 Å². The van der Waals surface area contributed by atoms with E-state index in [1.165, 1.54) is 24.3 Å². The van der Waals surface area contributed by atoms with Gasteiger partial charge in [-0.25, -0.2) is 4.79 Å². The minimum Gasteiger partial charge on any atom is -0.476 e. The first-order valence-electron chi connectivity index (χ1n) is 8.94. The van der Waals surface area contributed by atoms with Crippen molar-refractivity contribution in [2.75, 3.05) is 0 Å². The molecule has 2 aromatic carbocycles. The van der Waals surface area contributed by atoms with E-state index in [0.717, 1.165) is 0 Å². The van der Waals surface area contributed by atoms with Crippen LogP contribution in [0.4, 0.5) is 0 Å². The zero-order valence-corrected chi connectivity index (χ0v) is 15.5. The van der Waals surface area contributed by atoms with E-state index in [0.29, 0.717) is 12.0 Å². The van der Waals surface area contributed by atoms with E-state index in [9.17, 15) is 30.1 Å². The summed E-state index contributed by atoms with van der Waals surface area (Å²) in [6.45, 7) is 1.75. The van der Waals surface area contributed by atoms with Crippen LogP contribution >= 0.6 is 0 Å². The molecule has 0 aliphatic heterocycles. The molecule has 0 spiro atoms. The molecule has 2 unspecified atom stereocenters. The fraction of sp³-hybridized carbons (Fsp3) is 0.350. The molecule has 2 aromatic rings. The Morgan fingerprint density at radius 3 is 1.93 bits per heavy atom. The summed E-state index contributed by atoms with van der Waals surface area (Å²) in [5.41, 5.74) is -4.84. The van der Waals surface area contributed by atoms with E-state index in [4.69, 9.17) is 0 Å². The molecule has 0 bridgehead atoms. The monoisotopic (exact) mass is 386 g/mol. The van der Waals surface area contributed by atoms with Crippen LogP contribution < -0.4 is 0 Å². The van der Waals surface area contributed by atoms with E-state index >= 15 is 0 Å². The number of unbranched alkanes of at least 4 members (excludes halogenated alkanes) is 1. The molecule has 0 saturated heterocycles. The third kappa shape index (κ3) is 3.45. The number of carboxylic acid groups (broad SMARTS) is 1. The van der Waals surface area contributed by atoms with Crippen LogP contribution in [0.5, 0.6) is 0 Å². The quantitative estimate of drug-likeness (QED) is 0.490. The van der Waals surface area contributed by atoms with Crippen molar-refractivity contribution in [2.24, 2.45) is 0 Å². The predicted octanol–water partition coefficient (Wildman–Crippen LogP) is 3.69. The van der Waals surface area contributed by atoms with Gasteiger partial charge in [-0.3, -0.25) is 20.2 Å². The summed E-state index contributed by atoms with van der Waals surface area (Å²) in [5.74, 6) is -1.80. The maximum absolute atomic E-state index is 12.5. The highest BCUT2D eigenvalue weighted by Crippen LogP contribution is 2.44. The summed E-state index contributed by atoms with van der Waals surface area (Å²) in [7, 11) is 0. The minimum atomic E-state index is -2.82. The van der Waals surface area contributed by atoms with Crippen molar-refractivity contribution in [3.63, 3.8) is 0 Å². The van der Waals surface area contributed by atoms with Gasteiger partial charge in [0, 0.05) is 21.8 Å². The molecule has 0 heterocycles. The molecule has 148 valence electrons. The Morgan fingerprint density at radius 2 is 1.50 bits per heavy atom. The summed E-state index contributed by atoms with van der Waals surface area (Å²) < 4.78 is 0. The van der Waals surface area contributed by atoms with Crippen molar-refractivity contribution < 1.29 is 19.7 Å². The van der Waals surface area contributed by atoms with E-state index in [-0.39, 0.29) is 12.0 Å². The maximum Gasteiger partial charge on any atom is 0.390 e. The average Bonchev–Trinajstić information content (AvgIpc) is 2.68. The topological polar surface area (TPSA) is 124 Å². The van der Waals surface area contributed by atoms with Crippen LogP contribution in [0.15, 0.2) is 60.7 Å². The van der Waals surface area contributed by atoms with E-state index < -0.39 is 39.7 Å². The number of carbonyl (C=O) groups is 1. The maximum atomic E-state index is 12.5. The summed E-state index contributed by atoms with van der Waals surface area (Å²) in [6.07, 6.45) is -0.225. The van der Waals surface area contributed by atoms with Crippen molar-refractivity contribution in [1.29, 1.82) is 0 Å². The van der Waals surface area contributed by atoms with Gasteiger partial charge in [0.25, 0.3) is 0 Å². The number of hydrogen-bond acceptors (Lipinski definition) is 5. The van der Waals surface area contributed by atoms with Crippen molar-refractivity contribution >= 4 is 5.97 Å². The Morgan fingerprint density at radius 1 is 0.964 bits per heavy atom. The summed E-state index contributed by atoms with van der Waals surface area (Å²) >= 11 is 0. The number of rotatable bonds is 10. The Bertz CT molecular complexity index is 826. The van der Waals surface area contributed by atoms with Crippen LogP contribution in [0.3, 0.4) is 0 Å². The molecule has 8 nitrogen and oxygen atoms in total. The Hall–Kier alpha value is -3.29. The number of benzene rings is 2. The molecular formula is C20H22N2O6. The first-order chi connectivity index (χ1) is 13.3. The van der Waals surface area contributed by atoms with E-state index in [1.54, 1.807) is 43.3 Å². The highest BCUT2D eigenvalue weighted by atomic mass is 16.7. The first kappa shape index (κ1) is 21.0. The molecule has 0 saturated carbocycles. The van der Waals surface area contributed by atoms with Gasteiger partial charge < -0.3 is 5.11 Å². The Kier molecular flexibility index (Phi) is 6.45. The van der Waals surface area contributed by atoms with Gasteiger partial charge in [0.15, 0.2) is 0 Å². The lowest BCUT2D eigenvalue weighted by atomic mass is 9.67. The van der Waals surface area contributed by atoms with Gasteiger partial charge in [-0.15, -0.1) is 0 Å². The lowest BCUT2D eigenvalue weighted by Gasteiger charge is -2.35. The third-order valence-electron chi connectivity index (χ3n) is 5.11. The molecule has 0 amide bonds. The van der Waals surface area contributed by atoms with Crippen LogP contribution in [0.1, 0.15) is 37.3 Å². The highest BCUT2D eigenvalue weighted by molar-refractivity contribution is 5.79. The number of nitrogens with zero attached hydrogens (tertiary/aromatic N) is 2. The van der Waals surface area contributed by atoms with Crippen molar-refractivity contribution in [3.05, 3.63) is 92.0 Å². The molecule has 0 fully saturated rings. The zero-order chi connectivity index (χ0) is 20.8. The fourth-order valence-electron chi connectivity index (χ4n) is 3.66. The van der Waals surface area contributed by atoms with E-state index in [1.807, 2.05) is 0 Å². The lowest BCUT2D eigenvalue weighted by Crippen LogP contribution is -2.66. The van der Waals surface area contributed by atoms with Gasteiger partial charge in [0.05, 0.1) is 6.42 Å². The average molecular weight is 386 g/mol. The standard InChI is InChI=1S/C20H22N2O6/c1-2-3-14-19(18(23)24,21(25)26)20(22(27)28,17-12-8-5-9-13-17)15-16-10-6-4-7-11-16/h4-13H,2-3,14-15H2,1H3,(H,23,24). The second-order valence-electron chi connectivity index (χ2n) is 6.67. The summed E-state index contributed by atoms with van der Waals surface area (Å²) in [6, 6.07) is 15.7. The molecule has 0 aliphatic carbocycles. The highest BCUT2D eigenvalue weighted by Gasteiger charge is 2.76. The van der Waals surface area contributed by atoms with Gasteiger partial charge in [0.2, 0.25) is 0 Å². The molecule has 2 atom stereocenters. The molecule has 0 aliphatic rings. The van der Waals surface area contributed by atoms with E-state index in [2.05, 4.69) is 0 Å². The number of hydrogen-bond donors (Lipinski definition) is 1. The second-order valence-corrected chi connectivity index (χ2v) is 6.67. The second kappa shape index (κ2) is 8.60. The van der Waals surface area contributed by atoms with Crippen LogP contribution in [-0.2, 0) is 16.8 Å². The summed E-state index contributed by atoms with van der Waals surface area (Å²) in [4.78, 5) is 35.3. The van der Waals surface area contributed by atoms with Crippen LogP contribution in [0, 0.1) is 20.2 Å². The van der Waals surface area contributed by atoms with Crippen molar-refractivity contribution in [1.82, 2.24) is 0 Å². The molecule has 1 N–H and O–H groups in total. The molecule has 0 aromatic heterocycles. The molecule has 0 radical (unpaired) electrons. The van der Waals surface area contributed by atoms with Gasteiger partial charge in [-0.1, -0.05) is 74.0 Å².